The second kappa shape index (κ2) is 8.42. The van der Waals surface area contributed by atoms with Crippen molar-refractivity contribution in [3.8, 4) is 0 Å². The van der Waals surface area contributed by atoms with E-state index in [1.807, 2.05) is 24.3 Å². The highest BCUT2D eigenvalue weighted by molar-refractivity contribution is 7.98. The minimum atomic E-state index is -0.617. The Kier molecular flexibility index (Phi) is 6.55. The second-order valence-corrected chi connectivity index (χ2v) is 6.47. The summed E-state index contributed by atoms with van der Waals surface area (Å²) < 4.78 is 13.6. The molecule has 0 fully saturated rings. The minimum absolute atomic E-state index is 0.000466. The number of amides is 1. The predicted octanol–water partition coefficient (Wildman–Crippen LogP) is 4.80. The Morgan fingerprint density at radius 3 is 2.68 bits per heavy atom. The van der Waals surface area contributed by atoms with Crippen LogP contribution in [0.25, 0.3) is 0 Å². The van der Waals surface area contributed by atoms with Crippen molar-refractivity contribution in [3.05, 3.63) is 69.5 Å². The summed E-state index contributed by atoms with van der Waals surface area (Å²) >= 11 is 13.4. The zero-order chi connectivity index (χ0) is 15.9. The first kappa shape index (κ1) is 17.1. The number of carbonyl (C=O) groups excluding carboxylic acids is 1. The highest BCUT2D eigenvalue weighted by Gasteiger charge is 2.11. The lowest BCUT2D eigenvalue weighted by Gasteiger charge is -2.07. The van der Waals surface area contributed by atoms with Gasteiger partial charge in [-0.1, -0.05) is 41.4 Å². The summed E-state index contributed by atoms with van der Waals surface area (Å²) in [5, 5.41) is 3.69. The van der Waals surface area contributed by atoms with E-state index in [2.05, 4.69) is 5.32 Å². The maximum absolute atomic E-state index is 13.6. The van der Waals surface area contributed by atoms with Gasteiger partial charge in [-0.3, -0.25) is 4.79 Å². The summed E-state index contributed by atoms with van der Waals surface area (Å²) in [5.74, 6) is 0.429. The molecule has 2 aromatic rings. The van der Waals surface area contributed by atoms with Crippen LogP contribution in [0.4, 0.5) is 4.39 Å². The lowest BCUT2D eigenvalue weighted by atomic mass is 10.2. The second-order valence-electron chi connectivity index (χ2n) is 4.52. The molecule has 0 heterocycles. The molecular weight excluding hydrogens is 344 g/mol. The Bertz CT molecular complexity index is 666. The van der Waals surface area contributed by atoms with Crippen LogP contribution >= 0.6 is 35.0 Å². The normalized spacial score (nSPS) is 10.5. The first-order chi connectivity index (χ1) is 10.6. The first-order valence-electron chi connectivity index (χ1n) is 6.62. The molecule has 0 bridgehead atoms. The van der Waals surface area contributed by atoms with Crippen molar-refractivity contribution in [3.63, 3.8) is 0 Å². The van der Waals surface area contributed by atoms with Crippen LogP contribution in [-0.4, -0.2) is 18.2 Å². The van der Waals surface area contributed by atoms with Crippen LogP contribution in [0.5, 0.6) is 0 Å². The maximum atomic E-state index is 13.6. The SMILES string of the molecule is O=C(NCCSCc1ccccc1Cl)c1ccc(Cl)cc1F. The summed E-state index contributed by atoms with van der Waals surface area (Å²) in [6.45, 7) is 0.454. The third kappa shape index (κ3) is 4.90. The first-order valence-corrected chi connectivity index (χ1v) is 8.53. The Morgan fingerprint density at radius 2 is 1.95 bits per heavy atom. The Labute approximate surface area is 143 Å². The fourth-order valence-electron chi connectivity index (χ4n) is 1.80. The lowest BCUT2D eigenvalue weighted by molar-refractivity contribution is 0.0952. The summed E-state index contributed by atoms with van der Waals surface area (Å²) in [4.78, 5) is 11.8. The van der Waals surface area contributed by atoms with Gasteiger partial charge < -0.3 is 5.32 Å². The molecule has 0 saturated heterocycles. The average Bonchev–Trinajstić information content (AvgIpc) is 2.48. The molecule has 22 heavy (non-hydrogen) atoms. The largest absolute Gasteiger partial charge is 0.351 e. The van der Waals surface area contributed by atoms with Crippen LogP contribution in [-0.2, 0) is 5.75 Å². The Hall–Kier alpha value is -1.23. The van der Waals surface area contributed by atoms with Gasteiger partial charge in [0.2, 0.25) is 0 Å². The number of hydrogen-bond acceptors (Lipinski definition) is 2. The maximum Gasteiger partial charge on any atom is 0.254 e. The fourth-order valence-corrected chi connectivity index (χ4v) is 3.11. The number of nitrogens with one attached hydrogen (secondary N) is 1. The average molecular weight is 358 g/mol. The van der Waals surface area contributed by atoms with Gasteiger partial charge in [0.05, 0.1) is 5.56 Å². The Morgan fingerprint density at radius 1 is 1.18 bits per heavy atom. The lowest BCUT2D eigenvalue weighted by Crippen LogP contribution is -2.26. The van der Waals surface area contributed by atoms with E-state index in [-0.39, 0.29) is 10.6 Å². The molecule has 1 N–H and O–H groups in total. The van der Waals surface area contributed by atoms with E-state index in [0.29, 0.717) is 12.3 Å². The van der Waals surface area contributed by atoms with Crippen molar-refractivity contribution in [1.29, 1.82) is 0 Å². The zero-order valence-electron chi connectivity index (χ0n) is 11.6. The van der Waals surface area contributed by atoms with Crippen LogP contribution < -0.4 is 5.32 Å². The van der Waals surface area contributed by atoms with E-state index in [1.165, 1.54) is 12.1 Å². The van der Waals surface area contributed by atoms with Crippen molar-refractivity contribution in [2.75, 3.05) is 12.3 Å². The molecule has 0 aliphatic heterocycles. The van der Waals surface area contributed by atoms with Gasteiger partial charge in [0.25, 0.3) is 5.91 Å². The fraction of sp³-hybridized carbons (Fsp3) is 0.188. The van der Waals surface area contributed by atoms with Crippen LogP contribution in [0.15, 0.2) is 42.5 Å². The zero-order valence-corrected chi connectivity index (χ0v) is 13.9. The van der Waals surface area contributed by atoms with Gasteiger partial charge in [0, 0.05) is 28.1 Å². The summed E-state index contributed by atoms with van der Waals surface area (Å²) in [5.41, 5.74) is 1.06. The van der Waals surface area contributed by atoms with E-state index in [9.17, 15) is 9.18 Å². The van der Waals surface area contributed by atoms with Crippen LogP contribution in [0.3, 0.4) is 0 Å². The number of benzene rings is 2. The van der Waals surface area contributed by atoms with Gasteiger partial charge >= 0.3 is 0 Å². The molecule has 116 valence electrons. The highest BCUT2D eigenvalue weighted by atomic mass is 35.5. The van der Waals surface area contributed by atoms with E-state index in [0.717, 1.165) is 22.4 Å². The van der Waals surface area contributed by atoms with E-state index >= 15 is 0 Å². The van der Waals surface area contributed by atoms with Gasteiger partial charge in [-0.15, -0.1) is 0 Å². The molecule has 2 rings (SSSR count). The number of thioether (sulfide) groups is 1. The molecule has 0 radical (unpaired) electrons. The van der Waals surface area contributed by atoms with Crippen molar-refractivity contribution in [2.45, 2.75) is 5.75 Å². The smallest absolute Gasteiger partial charge is 0.254 e. The number of hydrogen-bond donors (Lipinski definition) is 1. The standard InChI is InChI=1S/C16H14Cl2FNOS/c17-12-5-6-13(15(19)9-12)16(21)20-7-8-22-10-11-3-1-2-4-14(11)18/h1-6,9H,7-8,10H2,(H,20,21). The van der Waals surface area contributed by atoms with Crippen molar-refractivity contribution < 1.29 is 9.18 Å². The molecule has 1 amide bonds. The molecule has 6 heteroatoms. The number of carbonyl (C=O) groups is 1. The third-order valence-electron chi connectivity index (χ3n) is 2.92. The molecular formula is C16H14Cl2FNOS. The molecule has 0 aliphatic carbocycles. The predicted molar refractivity (Wildman–Crippen MR) is 91.4 cm³/mol. The molecule has 0 aromatic heterocycles. The molecule has 0 aliphatic rings. The van der Waals surface area contributed by atoms with Gasteiger partial charge in [-0.05, 0) is 29.8 Å². The molecule has 2 nitrogen and oxygen atoms in total. The van der Waals surface area contributed by atoms with Gasteiger partial charge in [0.1, 0.15) is 5.82 Å². The summed E-state index contributed by atoms with van der Waals surface area (Å²) in [7, 11) is 0. The van der Waals surface area contributed by atoms with E-state index in [4.69, 9.17) is 23.2 Å². The number of halogens is 3. The molecule has 2 aromatic carbocycles. The van der Waals surface area contributed by atoms with Crippen molar-refractivity contribution >= 4 is 40.9 Å². The van der Waals surface area contributed by atoms with Crippen LogP contribution in [0.2, 0.25) is 10.0 Å². The molecule has 0 saturated carbocycles. The molecule has 0 atom stereocenters. The third-order valence-corrected chi connectivity index (χ3v) is 4.53. The molecule has 0 unspecified atom stereocenters. The van der Waals surface area contributed by atoms with Crippen molar-refractivity contribution in [1.82, 2.24) is 5.32 Å². The van der Waals surface area contributed by atoms with Crippen molar-refractivity contribution in [2.24, 2.45) is 0 Å². The highest BCUT2D eigenvalue weighted by Crippen LogP contribution is 2.20. The van der Waals surface area contributed by atoms with Gasteiger partial charge in [0.15, 0.2) is 0 Å². The van der Waals surface area contributed by atoms with Gasteiger partial charge in [-0.2, -0.15) is 11.8 Å². The molecule has 0 spiro atoms. The van der Waals surface area contributed by atoms with Crippen LogP contribution in [0.1, 0.15) is 15.9 Å². The minimum Gasteiger partial charge on any atom is -0.351 e. The van der Waals surface area contributed by atoms with E-state index in [1.54, 1.807) is 11.8 Å². The van der Waals surface area contributed by atoms with E-state index < -0.39 is 11.7 Å². The summed E-state index contributed by atoms with van der Waals surface area (Å²) in [6.07, 6.45) is 0. The summed E-state index contributed by atoms with van der Waals surface area (Å²) in [6, 6.07) is 11.6. The van der Waals surface area contributed by atoms with Crippen LogP contribution in [0, 0.1) is 5.82 Å². The van der Waals surface area contributed by atoms with Gasteiger partial charge in [-0.25, -0.2) is 4.39 Å². The Balaban J connectivity index is 1.75. The number of rotatable bonds is 6. The quantitative estimate of drug-likeness (QED) is 0.752. The monoisotopic (exact) mass is 357 g/mol. The topological polar surface area (TPSA) is 29.1 Å².